The lowest BCUT2D eigenvalue weighted by atomic mass is 10.1. The number of halogens is 1. The molecule has 1 aliphatic heterocycles. The van der Waals surface area contributed by atoms with Crippen molar-refractivity contribution in [3.63, 3.8) is 0 Å². The Hall–Kier alpha value is -2.77. The molecule has 0 saturated carbocycles. The number of rotatable bonds is 2. The summed E-state index contributed by atoms with van der Waals surface area (Å²) in [7, 11) is 3.47. The van der Waals surface area contributed by atoms with Crippen molar-refractivity contribution in [3.8, 4) is 5.75 Å². The Morgan fingerprint density at radius 3 is 2.86 bits per heavy atom. The van der Waals surface area contributed by atoms with Crippen molar-refractivity contribution in [2.75, 3.05) is 24.2 Å². The molecule has 0 radical (unpaired) electrons. The number of nitrogens with zero attached hydrogens (tertiary/aromatic N) is 3. The molecule has 0 bridgehead atoms. The first-order valence-corrected chi connectivity index (χ1v) is 6.68. The van der Waals surface area contributed by atoms with E-state index in [9.17, 15) is 9.18 Å². The van der Waals surface area contributed by atoms with Crippen LogP contribution in [0, 0.1) is 5.82 Å². The van der Waals surface area contributed by atoms with Crippen LogP contribution in [0.1, 0.15) is 22.2 Å². The van der Waals surface area contributed by atoms with Crippen molar-refractivity contribution in [2.24, 2.45) is 12.8 Å². The SMILES string of the molecule is CN1CC(c2nn(C)c(N)c2C(N)=O)Oc2cc(F)ccc21. The first-order chi connectivity index (χ1) is 10.4. The van der Waals surface area contributed by atoms with Gasteiger partial charge in [0.2, 0.25) is 0 Å². The van der Waals surface area contributed by atoms with Crippen molar-refractivity contribution < 1.29 is 13.9 Å². The summed E-state index contributed by atoms with van der Waals surface area (Å²) in [5.74, 6) is -0.502. The van der Waals surface area contributed by atoms with Crippen LogP contribution in [0.15, 0.2) is 18.2 Å². The number of carbonyl (C=O) groups excluding carboxylic acids is 1. The van der Waals surface area contributed by atoms with E-state index in [2.05, 4.69) is 5.10 Å². The first-order valence-electron chi connectivity index (χ1n) is 6.68. The van der Waals surface area contributed by atoms with Crippen LogP contribution in [0.4, 0.5) is 15.9 Å². The third kappa shape index (κ3) is 2.12. The van der Waals surface area contributed by atoms with Gasteiger partial charge in [-0.05, 0) is 12.1 Å². The second kappa shape index (κ2) is 4.90. The number of nitrogens with two attached hydrogens (primary N) is 2. The van der Waals surface area contributed by atoms with E-state index in [4.69, 9.17) is 16.2 Å². The Morgan fingerprint density at radius 2 is 2.18 bits per heavy atom. The zero-order valence-corrected chi connectivity index (χ0v) is 12.2. The number of amides is 1. The third-order valence-corrected chi connectivity index (χ3v) is 3.71. The number of carbonyl (C=O) groups is 1. The van der Waals surface area contributed by atoms with Gasteiger partial charge in [-0.1, -0.05) is 0 Å². The molecule has 0 spiro atoms. The van der Waals surface area contributed by atoms with E-state index >= 15 is 0 Å². The molecule has 1 amide bonds. The van der Waals surface area contributed by atoms with E-state index in [1.807, 2.05) is 11.9 Å². The van der Waals surface area contributed by atoms with Crippen molar-refractivity contribution in [2.45, 2.75) is 6.10 Å². The molecule has 8 heteroatoms. The predicted octanol–water partition coefficient (Wildman–Crippen LogP) is 0.810. The summed E-state index contributed by atoms with van der Waals surface area (Å²) in [5.41, 5.74) is 12.5. The smallest absolute Gasteiger partial charge is 0.254 e. The van der Waals surface area contributed by atoms with Gasteiger partial charge in [-0.2, -0.15) is 5.10 Å². The van der Waals surface area contributed by atoms with E-state index in [1.54, 1.807) is 13.1 Å². The fourth-order valence-corrected chi connectivity index (χ4v) is 2.61. The van der Waals surface area contributed by atoms with Gasteiger partial charge in [0.15, 0.2) is 6.10 Å². The largest absolute Gasteiger partial charge is 0.480 e. The van der Waals surface area contributed by atoms with Gasteiger partial charge >= 0.3 is 0 Å². The van der Waals surface area contributed by atoms with E-state index in [1.165, 1.54) is 16.8 Å². The molecule has 1 atom stereocenters. The zero-order valence-electron chi connectivity index (χ0n) is 12.2. The van der Waals surface area contributed by atoms with Crippen LogP contribution in [-0.4, -0.2) is 29.3 Å². The minimum absolute atomic E-state index is 0.140. The molecule has 2 heterocycles. The monoisotopic (exact) mass is 305 g/mol. The molecule has 1 unspecified atom stereocenters. The third-order valence-electron chi connectivity index (χ3n) is 3.71. The van der Waals surface area contributed by atoms with Gasteiger partial charge in [0.05, 0.1) is 12.2 Å². The van der Waals surface area contributed by atoms with Crippen LogP contribution < -0.4 is 21.1 Å². The van der Waals surface area contributed by atoms with Crippen LogP contribution in [0.25, 0.3) is 0 Å². The molecule has 3 rings (SSSR count). The number of nitrogen functional groups attached to an aromatic ring is 1. The van der Waals surface area contributed by atoms with Crippen molar-refractivity contribution in [3.05, 3.63) is 35.3 Å². The lowest BCUT2D eigenvalue weighted by Crippen LogP contribution is -2.33. The normalized spacial score (nSPS) is 17.0. The molecule has 116 valence electrons. The van der Waals surface area contributed by atoms with E-state index in [0.29, 0.717) is 18.0 Å². The Morgan fingerprint density at radius 1 is 1.45 bits per heavy atom. The molecular formula is C14H16FN5O2. The molecule has 0 aliphatic carbocycles. The zero-order chi connectivity index (χ0) is 16.0. The van der Waals surface area contributed by atoms with Crippen LogP contribution in [-0.2, 0) is 7.05 Å². The van der Waals surface area contributed by atoms with Gasteiger partial charge in [-0.3, -0.25) is 9.48 Å². The molecule has 22 heavy (non-hydrogen) atoms. The molecule has 1 aliphatic rings. The lowest BCUT2D eigenvalue weighted by molar-refractivity contribution is 0.0995. The molecule has 1 aromatic heterocycles. The van der Waals surface area contributed by atoms with Crippen molar-refractivity contribution in [1.82, 2.24) is 9.78 Å². The molecule has 7 nitrogen and oxygen atoms in total. The van der Waals surface area contributed by atoms with Gasteiger partial charge in [0.1, 0.15) is 28.6 Å². The van der Waals surface area contributed by atoms with Gasteiger partial charge in [-0.15, -0.1) is 0 Å². The molecule has 0 saturated heterocycles. The highest BCUT2D eigenvalue weighted by Crippen LogP contribution is 2.38. The van der Waals surface area contributed by atoms with Crippen molar-refractivity contribution >= 4 is 17.4 Å². The summed E-state index contributed by atoms with van der Waals surface area (Å²) in [6.07, 6.45) is -0.565. The van der Waals surface area contributed by atoms with Crippen LogP contribution >= 0.6 is 0 Å². The van der Waals surface area contributed by atoms with Crippen molar-refractivity contribution in [1.29, 1.82) is 0 Å². The second-order valence-electron chi connectivity index (χ2n) is 5.23. The van der Waals surface area contributed by atoms with E-state index < -0.39 is 17.8 Å². The number of ether oxygens (including phenoxy) is 1. The number of fused-ring (bicyclic) bond motifs is 1. The predicted molar refractivity (Wildman–Crippen MR) is 79.2 cm³/mol. The molecule has 0 fully saturated rings. The second-order valence-corrected chi connectivity index (χ2v) is 5.23. The fraction of sp³-hybridized carbons (Fsp3) is 0.286. The number of primary amides is 1. The minimum atomic E-state index is -0.670. The van der Waals surface area contributed by atoms with Crippen LogP contribution in [0.3, 0.4) is 0 Å². The number of benzene rings is 1. The summed E-state index contributed by atoms with van der Waals surface area (Å²) in [6, 6.07) is 4.31. The molecule has 2 aromatic rings. The molecule has 4 N–H and O–H groups in total. The van der Waals surface area contributed by atoms with Crippen LogP contribution in [0.5, 0.6) is 5.75 Å². The molecule has 1 aromatic carbocycles. The number of anilines is 2. The Kier molecular flexibility index (Phi) is 3.16. The van der Waals surface area contributed by atoms with Gasteiger partial charge in [0.25, 0.3) is 5.91 Å². The minimum Gasteiger partial charge on any atom is -0.480 e. The Bertz CT molecular complexity index is 758. The summed E-state index contributed by atoms with van der Waals surface area (Å²) in [6.45, 7) is 0.440. The highest BCUT2D eigenvalue weighted by atomic mass is 19.1. The standard InChI is InChI=1S/C14H16FN5O2/c1-19-6-10(22-9-5-7(15)3-4-8(9)19)12-11(14(17)21)13(16)20(2)18-12/h3-5,10H,6,16H2,1-2H3,(H2,17,21). The Balaban J connectivity index is 2.05. The van der Waals surface area contributed by atoms with Gasteiger partial charge in [0, 0.05) is 20.2 Å². The maximum absolute atomic E-state index is 13.4. The summed E-state index contributed by atoms with van der Waals surface area (Å²) >= 11 is 0. The number of aryl methyl sites for hydroxylation is 1. The van der Waals surface area contributed by atoms with E-state index in [0.717, 1.165) is 5.69 Å². The number of hydrogen-bond acceptors (Lipinski definition) is 5. The summed E-state index contributed by atoms with van der Waals surface area (Å²) in [4.78, 5) is 13.5. The van der Waals surface area contributed by atoms with Gasteiger partial charge in [-0.25, -0.2) is 4.39 Å². The highest BCUT2D eigenvalue weighted by Gasteiger charge is 2.32. The average Bonchev–Trinajstić information content (AvgIpc) is 2.74. The highest BCUT2D eigenvalue weighted by molar-refractivity contribution is 5.98. The number of hydrogen-bond donors (Lipinski definition) is 2. The maximum atomic E-state index is 13.4. The topological polar surface area (TPSA) is 99.4 Å². The fourth-order valence-electron chi connectivity index (χ4n) is 2.61. The lowest BCUT2D eigenvalue weighted by Gasteiger charge is -2.33. The average molecular weight is 305 g/mol. The maximum Gasteiger partial charge on any atom is 0.254 e. The number of aromatic nitrogens is 2. The Labute approximate surface area is 126 Å². The quantitative estimate of drug-likeness (QED) is 0.855. The molecular weight excluding hydrogens is 289 g/mol. The summed E-state index contributed by atoms with van der Waals surface area (Å²) in [5, 5.41) is 4.23. The summed E-state index contributed by atoms with van der Waals surface area (Å²) < 4.78 is 20.6. The number of likely N-dealkylation sites (N-methyl/N-ethyl adjacent to an activating group) is 1. The van der Waals surface area contributed by atoms with E-state index in [-0.39, 0.29) is 11.4 Å². The van der Waals surface area contributed by atoms with Crippen LogP contribution in [0.2, 0.25) is 0 Å². The van der Waals surface area contributed by atoms with Gasteiger partial charge < -0.3 is 21.1 Å². The first kappa shape index (κ1) is 14.2.